The van der Waals surface area contributed by atoms with Gasteiger partial charge in [-0.2, -0.15) is 0 Å². The zero-order valence-electron chi connectivity index (χ0n) is 12.3. The summed E-state index contributed by atoms with van der Waals surface area (Å²) in [6.07, 6.45) is 0.791. The Balaban J connectivity index is 1.70. The van der Waals surface area contributed by atoms with E-state index in [2.05, 4.69) is 10.3 Å². The number of aromatic nitrogens is 1. The number of carbonyl (C=O) groups is 1. The summed E-state index contributed by atoms with van der Waals surface area (Å²) in [5.41, 5.74) is 2.72. The Bertz CT molecular complexity index is 787. The Labute approximate surface area is 144 Å². The summed E-state index contributed by atoms with van der Waals surface area (Å²) in [5.74, 6) is -0.135. The smallest absolute Gasteiger partial charge is 0.263 e. The van der Waals surface area contributed by atoms with Gasteiger partial charge in [-0.05, 0) is 12.0 Å². The van der Waals surface area contributed by atoms with E-state index in [-0.39, 0.29) is 5.91 Å². The molecule has 3 nitrogen and oxygen atoms in total. The zero-order valence-corrected chi connectivity index (χ0v) is 13.9. The third-order valence-electron chi connectivity index (χ3n) is 3.40. The Morgan fingerprint density at radius 1 is 1.04 bits per heavy atom. The number of amides is 1. The van der Waals surface area contributed by atoms with Gasteiger partial charge in [0.25, 0.3) is 5.91 Å². The van der Waals surface area contributed by atoms with Crippen molar-refractivity contribution in [1.82, 2.24) is 10.3 Å². The van der Waals surface area contributed by atoms with Crippen LogP contribution in [0.3, 0.4) is 0 Å². The number of hydrogen-bond donors (Lipinski definition) is 1. The first kappa shape index (κ1) is 15.7. The monoisotopic (exact) mass is 342 g/mol. The second kappa shape index (κ2) is 7.40. The third-order valence-corrected chi connectivity index (χ3v) is 4.56. The first-order valence-electron chi connectivity index (χ1n) is 7.28. The zero-order chi connectivity index (χ0) is 16.1. The minimum absolute atomic E-state index is 0.135. The van der Waals surface area contributed by atoms with E-state index in [1.54, 1.807) is 0 Å². The average Bonchev–Trinajstić information content (AvgIpc) is 2.98. The van der Waals surface area contributed by atoms with Crippen LogP contribution in [-0.2, 0) is 6.42 Å². The van der Waals surface area contributed by atoms with Crippen LogP contribution in [0.5, 0.6) is 0 Å². The summed E-state index contributed by atoms with van der Waals surface area (Å²) in [5, 5.41) is 2.94. The lowest BCUT2D eigenvalue weighted by atomic mass is 10.1. The molecule has 5 heteroatoms. The van der Waals surface area contributed by atoms with E-state index in [9.17, 15) is 4.79 Å². The fraction of sp³-hybridized carbons (Fsp3) is 0.111. The van der Waals surface area contributed by atoms with Gasteiger partial charge in [0, 0.05) is 12.1 Å². The normalized spacial score (nSPS) is 10.5. The van der Waals surface area contributed by atoms with Gasteiger partial charge < -0.3 is 5.32 Å². The van der Waals surface area contributed by atoms with Crippen LogP contribution in [0, 0.1) is 0 Å². The van der Waals surface area contributed by atoms with Crippen LogP contribution < -0.4 is 5.32 Å². The van der Waals surface area contributed by atoms with Gasteiger partial charge in [0.15, 0.2) is 4.47 Å². The predicted octanol–water partition coefficient (Wildman–Crippen LogP) is 4.44. The third kappa shape index (κ3) is 3.97. The molecule has 1 N–H and O–H groups in total. The van der Waals surface area contributed by atoms with Gasteiger partial charge in [-0.25, -0.2) is 4.98 Å². The van der Waals surface area contributed by atoms with Crippen molar-refractivity contribution in [3.63, 3.8) is 0 Å². The number of benzene rings is 2. The van der Waals surface area contributed by atoms with Crippen molar-refractivity contribution in [2.45, 2.75) is 6.42 Å². The van der Waals surface area contributed by atoms with Crippen LogP contribution in [0.1, 0.15) is 15.2 Å². The maximum atomic E-state index is 12.4. The number of carbonyl (C=O) groups excluding carboxylic acids is 1. The van der Waals surface area contributed by atoms with Crippen molar-refractivity contribution in [2.24, 2.45) is 0 Å². The van der Waals surface area contributed by atoms with Crippen molar-refractivity contribution in [3.05, 3.63) is 75.6 Å². The van der Waals surface area contributed by atoms with E-state index in [0.29, 0.717) is 21.6 Å². The standard InChI is InChI=1S/C18H15ClN2OS/c19-18-21-15(14-9-5-2-6-10-14)16(23-18)17(22)20-12-11-13-7-3-1-4-8-13/h1-10H,11-12H2,(H,20,22). The first-order chi connectivity index (χ1) is 11.2. The molecule has 1 amide bonds. The van der Waals surface area contributed by atoms with Gasteiger partial charge in [-0.3, -0.25) is 4.79 Å². The molecule has 2 aromatic carbocycles. The second-order valence-electron chi connectivity index (χ2n) is 5.00. The summed E-state index contributed by atoms with van der Waals surface area (Å²) in [4.78, 5) is 17.3. The molecule has 0 unspecified atom stereocenters. The van der Waals surface area contributed by atoms with Crippen LogP contribution >= 0.6 is 22.9 Å². The lowest BCUT2D eigenvalue weighted by Gasteiger charge is -2.05. The van der Waals surface area contributed by atoms with Crippen LogP contribution in [0.25, 0.3) is 11.3 Å². The fourth-order valence-corrected chi connectivity index (χ4v) is 3.33. The van der Waals surface area contributed by atoms with Crippen molar-refractivity contribution in [2.75, 3.05) is 6.54 Å². The Hall–Kier alpha value is -2.17. The maximum Gasteiger partial charge on any atom is 0.263 e. The second-order valence-corrected chi connectivity index (χ2v) is 6.58. The predicted molar refractivity (Wildman–Crippen MR) is 95.0 cm³/mol. The summed E-state index contributed by atoms with van der Waals surface area (Å²) >= 11 is 7.22. The number of thiazole rings is 1. The van der Waals surface area contributed by atoms with Crippen molar-refractivity contribution in [3.8, 4) is 11.3 Å². The van der Waals surface area contributed by atoms with E-state index in [1.165, 1.54) is 16.9 Å². The summed E-state index contributed by atoms with van der Waals surface area (Å²) < 4.78 is 0.372. The van der Waals surface area contributed by atoms with Gasteiger partial charge in [-0.1, -0.05) is 83.6 Å². The molecular weight excluding hydrogens is 328 g/mol. The molecule has 0 atom stereocenters. The van der Waals surface area contributed by atoms with Crippen molar-refractivity contribution < 1.29 is 4.79 Å². The lowest BCUT2D eigenvalue weighted by molar-refractivity contribution is 0.0958. The summed E-state index contributed by atoms with van der Waals surface area (Å²) in [7, 11) is 0. The first-order valence-corrected chi connectivity index (χ1v) is 8.47. The van der Waals surface area contributed by atoms with E-state index in [0.717, 1.165) is 12.0 Å². The van der Waals surface area contributed by atoms with E-state index in [1.807, 2.05) is 60.7 Å². The summed E-state index contributed by atoms with van der Waals surface area (Å²) in [6, 6.07) is 19.7. The molecule has 0 aliphatic carbocycles. The number of nitrogens with zero attached hydrogens (tertiary/aromatic N) is 1. The number of halogens is 1. The lowest BCUT2D eigenvalue weighted by Crippen LogP contribution is -2.25. The quantitative estimate of drug-likeness (QED) is 0.745. The van der Waals surface area contributed by atoms with Gasteiger partial charge in [-0.15, -0.1) is 0 Å². The largest absolute Gasteiger partial charge is 0.351 e. The SMILES string of the molecule is O=C(NCCc1ccccc1)c1sc(Cl)nc1-c1ccccc1. The minimum atomic E-state index is -0.135. The van der Waals surface area contributed by atoms with Crippen LogP contribution in [0.2, 0.25) is 4.47 Å². The van der Waals surface area contributed by atoms with Gasteiger partial charge in [0.1, 0.15) is 4.88 Å². The molecule has 3 rings (SSSR count). The fourth-order valence-electron chi connectivity index (χ4n) is 2.28. The van der Waals surface area contributed by atoms with E-state index in [4.69, 9.17) is 11.6 Å². The number of rotatable bonds is 5. The number of hydrogen-bond acceptors (Lipinski definition) is 3. The Kier molecular flexibility index (Phi) is 5.05. The molecule has 0 bridgehead atoms. The van der Waals surface area contributed by atoms with Gasteiger partial charge in [0.2, 0.25) is 0 Å². The molecule has 3 aromatic rings. The molecule has 23 heavy (non-hydrogen) atoms. The highest BCUT2D eigenvalue weighted by Crippen LogP contribution is 2.30. The van der Waals surface area contributed by atoms with Crippen LogP contribution in [-0.4, -0.2) is 17.4 Å². The minimum Gasteiger partial charge on any atom is -0.351 e. The van der Waals surface area contributed by atoms with Gasteiger partial charge in [0.05, 0.1) is 5.69 Å². The molecule has 0 saturated carbocycles. The van der Waals surface area contributed by atoms with Crippen LogP contribution in [0.15, 0.2) is 60.7 Å². The molecule has 1 heterocycles. The maximum absolute atomic E-state index is 12.4. The van der Waals surface area contributed by atoms with Crippen LogP contribution in [0.4, 0.5) is 0 Å². The Morgan fingerprint density at radius 2 is 1.70 bits per heavy atom. The topological polar surface area (TPSA) is 42.0 Å². The number of nitrogens with one attached hydrogen (secondary N) is 1. The Morgan fingerprint density at radius 3 is 2.39 bits per heavy atom. The highest BCUT2D eigenvalue weighted by atomic mass is 35.5. The molecule has 1 aromatic heterocycles. The highest BCUT2D eigenvalue weighted by molar-refractivity contribution is 7.18. The average molecular weight is 343 g/mol. The molecule has 0 spiro atoms. The molecule has 116 valence electrons. The van der Waals surface area contributed by atoms with Crippen molar-refractivity contribution >= 4 is 28.8 Å². The molecule has 0 fully saturated rings. The van der Waals surface area contributed by atoms with Crippen molar-refractivity contribution in [1.29, 1.82) is 0 Å². The molecule has 0 aliphatic heterocycles. The highest BCUT2D eigenvalue weighted by Gasteiger charge is 2.18. The molecule has 0 radical (unpaired) electrons. The molecular formula is C18H15ClN2OS. The summed E-state index contributed by atoms with van der Waals surface area (Å²) in [6.45, 7) is 0.576. The molecule has 0 saturated heterocycles. The van der Waals surface area contributed by atoms with E-state index >= 15 is 0 Å². The van der Waals surface area contributed by atoms with E-state index < -0.39 is 0 Å². The van der Waals surface area contributed by atoms with Gasteiger partial charge >= 0.3 is 0 Å². The molecule has 0 aliphatic rings.